The van der Waals surface area contributed by atoms with Crippen molar-refractivity contribution in [1.82, 2.24) is 0 Å². The normalized spacial score (nSPS) is 22.4. The Labute approximate surface area is 85.1 Å². The highest BCUT2D eigenvalue weighted by atomic mass is 19.1. The van der Waals surface area contributed by atoms with Crippen molar-refractivity contribution in [1.29, 1.82) is 0 Å². The minimum absolute atomic E-state index is 0.141. The molecule has 0 radical (unpaired) electrons. The number of halogens is 1. The average molecular weight is 191 g/mol. The summed E-state index contributed by atoms with van der Waals surface area (Å²) in [5.74, 6) is 2.04. The summed E-state index contributed by atoms with van der Waals surface area (Å²) in [6, 6.07) is 6.94. The van der Waals surface area contributed by atoms with Crippen LogP contribution < -0.4 is 0 Å². The Kier molecular flexibility index (Phi) is 2.76. The smallest absolute Gasteiger partial charge is 0.149 e. The molecule has 0 heterocycles. The Bertz CT molecular complexity index is 289. The fourth-order valence-electron chi connectivity index (χ4n) is 2.28. The zero-order valence-electron chi connectivity index (χ0n) is 8.59. The van der Waals surface area contributed by atoms with Crippen LogP contribution in [0.4, 0.5) is 4.39 Å². The highest BCUT2D eigenvalue weighted by molar-refractivity contribution is 5.32. The molecule has 1 aliphatic carbocycles. The lowest BCUT2D eigenvalue weighted by Gasteiger charge is -2.23. The summed E-state index contributed by atoms with van der Waals surface area (Å²) in [7, 11) is 0. The molecule has 0 spiro atoms. The monoisotopic (exact) mass is 191 g/mol. The predicted octanol–water partition coefficient (Wildman–Crippen LogP) is 3.96. The molecule has 0 nitrogen and oxygen atoms in total. The van der Waals surface area contributed by atoms with Gasteiger partial charge in [0.25, 0.3) is 0 Å². The number of rotatable bonds is 1. The molecule has 0 amide bonds. The van der Waals surface area contributed by atoms with E-state index in [9.17, 15) is 4.39 Å². The molecule has 0 aromatic heterocycles. The number of benzene rings is 1. The standard InChI is InChI=1S/C13H16F/c1-10-4-2-3-5-13(10)11-6-8-12(14)9-7-11/h6-10H,2-5H2,1H3/q+1. The third-order valence-corrected chi connectivity index (χ3v) is 3.14. The summed E-state index contributed by atoms with van der Waals surface area (Å²) >= 11 is 0. The van der Waals surface area contributed by atoms with Gasteiger partial charge in [-0.05, 0) is 19.8 Å². The SMILES string of the molecule is CC1CCCC[C+]1c1ccc(F)cc1. The van der Waals surface area contributed by atoms with E-state index in [1.165, 1.54) is 37.2 Å². The van der Waals surface area contributed by atoms with Crippen molar-refractivity contribution < 1.29 is 4.39 Å². The Morgan fingerprint density at radius 1 is 1.21 bits per heavy atom. The van der Waals surface area contributed by atoms with E-state index in [0.717, 1.165) is 0 Å². The molecule has 74 valence electrons. The molecule has 1 aliphatic rings. The van der Waals surface area contributed by atoms with Gasteiger partial charge >= 0.3 is 0 Å². The minimum Gasteiger partial charge on any atom is -0.204 e. The molecular formula is C13H16F+. The van der Waals surface area contributed by atoms with Gasteiger partial charge < -0.3 is 0 Å². The van der Waals surface area contributed by atoms with Crippen LogP contribution in [-0.4, -0.2) is 0 Å². The zero-order chi connectivity index (χ0) is 9.97. The Morgan fingerprint density at radius 3 is 2.57 bits per heavy atom. The van der Waals surface area contributed by atoms with E-state index < -0.39 is 0 Å². The maximum absolute atomic E-state index is 12.7. The largest absolute Gasteiger partial charge is 0.204 e. The van der Waals surface area contributed by atoms with E-state index in [1.54, 1.807) is 12.1 Å². The van der Waals surface area contributed by atoms with Crippen molar-refractivity contribution in [2.24, 2.45) is 5.92 Å². The number of hydrogen-bond acceptors (Lipinski definition) is 0. The van der Waals surface area contributed by atoms with Crippen LogP contribution in [-0.2, 0) is 0 Å². The van der Waals surface area contributed by atoms with Crippen LogP contribution in [0.2, 0.25) is 0 Å². The summed E-state index contributed by atoms with van der Waals surface area (Å²) in [4.78, 5) is 0. The third kappa shape index (κ3) is 1.92. The molecule has 0 bridgehead atoms. The van der Waals surface area contributed by atoms with E-state index >= 15 is 0 Å². The number of hydrogen-bond donors (Lipinski definition) is 0. The molecule has 0 saturated heterocycles. The van der Waals surface area contributed by atoms with Gasteiger partial charge in [0, 0.05) is 42.5 Å². The van der Waals surface area contributed by atoms with Crippen LogP contribution in [0.3, 0.4) is 0 Å². The molecule has 0 aliphatic heterocycles. The fraction of sp³-hybridized carbons (Fsp3) is 0.462. The molecule has 0 N–H and O–H groups in total. The molecule has 1 unspecified atom stereocenters. The van der Waals surface area contributed by atoms with Crippen LogP contribution in [0.15, 0.2) is 24.3 Å². The van der Waals surface area contributed by atoms with Crippen molar-refractivity contribution in [3.05, 3.63) is 41.6 Å². The Hall–Kier alpha value is -0.980. The molecule has 1 fully saturated rings. The van der Waals surface area contributed by atoms with Crippen LogP contribution >= 0.6 is 0 Å². The van der Waals surface area contributed by atoms with E-state index in [-0.39, 0.29) is 5.82 Å². The van der Waals surface area contributed by atoms with Crippen molar-refractivity contribution >= 4 is 0 Å². The van der Waals surface area contributed by atoms with Crippen LogP contribution in [0.5, 0.6) is 0 Å². The van der Waals surface area contributed by atoms with Gasteiger partial charge in [-0.3, -0.25) is 0 Å². The van der Waals surface area contributed by atoms with Gasteiger partial charge in [-0.1, -0.05) is 6.42 Å². The molecule has 1 aromatic rings. The van der Waals surface area contributed by atoms with E-state index in [1.807, 2.05) is 12.1 Å². The predicted molar refractivity (Wildman–Crippen MR) is 56.4 cm³/mol. The molecule has 1 saturated carbocycles. The highest BCUT2D eigenvalue weighted by Gasteiger charge is 2.28. The molecule has 1 atom stereocenters. The lowest BCUT2D eigenvalue weighted by atomic mass is 9.76. The second-order valence-electron chi connectivity index (χ2n) is 4.18. The van der Waals surface area contributed by atoms with Crippen LogP contribution in [0.25, 0.3) is 0 Å². The molecule has 2 rings (SSSR count). The van der Waals surface area contributed by atoms with Gasteiger partial charge in [-0.15, -0.1) is 0 Å². The van der Waals surface area contributed by atoms with Gasteiger partial charge in [-0.25, -0.2) is 4.39 Å². The van der Waals surface area contributed by atoms with Crippen molar-refractivity contribution in [2.75, 3.05) is 0 Å². The van der Waals surface area contributed by atoms with E-state index in [4.69, 9.17) is 0 Å². The van der Waals surface area contributed by atoms with Gasteiger partial charge in [0.1, 0.15) is 11.4 Å². The average Bonchev–Trinajstić information content (AvgIpc) is 2.20. The van der Waals surface area contributed by atoms with Crippen molar-refractivity contribution in [3.8, 4) is 0 Å². The summed E-state index contributed by atoms with van der Waals surface area (Å²) in [6.07, 6.45) is 5.10. The van der Waals surface area contributed by atoms with Gasteiger partial charge in [0.15, 0.2) is 0 Å². The molecule has 14 heavy (non-hydrogen) atoms. The quantitative estimate of drug-likeness (QED) is 0.589. The van der Waals surface area contributed by atoms with Crippen LogP contribution in [0, 0.1) is 17.7 Å². The third-order valence-electron chi connectivity index (χ3n) is 3.14. The molecule has 1 aromatic carbocycles. The maximum atomic E-state index is 12.7. The summed E-state index contributed by atoms with van der Waals surface area (Å²) < 4.78 is 12.7. The van der Waals surface area contributed by atoms with Gasteiger partial charge in [-0.2, -0.15) is 0 Å². The molecule has 1 heteroatoms. The topological polar surface area (TPSA) is 0 Å². The summed E-state index contributed by atoms with van der Waals surface area (Å²) in [6.45, 7) is 2.28. The lowest BCUT2D eigenvalue weighted by molar-refractivity contribution is 0.435. The Morgan fingerprint density at radius 2 is 1.93 bits per heavy atom. The van der Waals surface area contributed by atoms with Gasteiger partial charge in [0.05, 0.1) is 0 Å². The highest BCUT2D eigenvalue weighted by Crippen LogP contribution is 2.36. The van der Waals surface area contributed by atoms with Crippen molar-refractivity contribution in [2.45, 2.75) is 32.6 Å². The minimum atomic E-state index is -0.141. The van der Waals surface area contributed by atoms with E-state index in [0.29, 0.717) is 5.92 Å². The van der Waals surface area contributed by atoms with E-state index in [2.05, 4.69) is 6.92 Å². The van der Waals surface area contributed by atoms with Crippen molar-refractivity contribution in [3.63, 3.8) is 0 Å². The second-order valence-corrected chi connectivity index (χ2v) is 4.18. The second kappa shape index (κ2) is 4.04. The first-order valence-corrected chi connectivity index (χ1v) is 5.39. The summed E-state index contributed by atoms with van der Waals surface area (Å²) in [5.41, 5.74) is 1.23. The zero-order valence-corrected chi connectivity index (χ0v) is 8.59. The lowest BCUT2D eigenvalue weighted by Crippen LogP contribution is -2.15. The first-order valence-electron chi connectivity index (χ1n) is 5.39. The first-order chi connectivity index (χ1) is 6.77. The summed E-state index contributed by atoms with van der Waals surface area (Å²) in [5, 5.41) is 0. The molecular weight excluding hydrogens is 175 g/mol. The maximum Gasteiger partial charge on any atom is 0.149 e. The first kappa shape index (κ1) is 9.57. The Balaban J connectivity index is 2.16. The van der Waals surface area contributed by atoms with Crippen LogP contribution in [0.1, 0.15) is 38.2 Å². The fourth-order valence-corrected chi connectivity index (χ4v) is 2.28. The van der Waals surface area contributed by atoms with Gasteiger partial charge in [0.2, 0.25) is 0 Å².